The lowest BCUT2D eigenvalue weighted by Crippen LogP contribution is -2.02. The van der Waals surface area contributed by atoms with Gasteiger partial charge in [0, 0.05) is 12.4 Å². The molecule has 1 aromatic rings. The summed E-state index contributed by atoms with van der Waals surface area (Å²) in [6.45, 7) is 0.489. The van der Waals surface area contributed by atoms with Gasteiger partial charge >= 0.3 is 7.82 Å². The summed E-state index contributed by atoms with van der Waals surface area (Å²) < 4.78 is 21.6. The first-order chi connectivity index (χ1) is 9.66. The molecule has 0 bridgehead atoms. The van der Waals surface area contributed by atoms with E-state index < -0.39 is 7.82 Å². The SMILES string of the molecule is O=P(O)(OCCCC1CCCC1)OCCc1cc[nH]c1. The molecule has 2 rings (SSSR count). The van der Waals surface area contributed by atoms with Gasteiger partial charge in [0.25, 0.3) is 0 Å². The number of phosphoric acid groups is 1. The summed E-state index contributed by atoms with van der Waals surface area (Å²) in [6.07, 6.45) is 11.4. The van der Waals surface area contributed by atoms with Crippen molar-refractivity contribution < 1.29 is 18.5 Å². The fraction of sp³-hybridized carbons (Fsp3) is 0.714. The van der Waals surface area contributed by atoms with E-state index >= 15 is 0 Å². The van der Waals surface area contributed by atoms with E-state index in [-0.39, 0.29) is 6.61 Å². The monoisotopic (exact) mass is 301 g/mol. The van der Waals surface area contributed by atoms with Crippen LogP contribution in [-0.2, 0) is 20.0 Å². The first-order valence-corrected chi connectivity index (χ1v) is 8.89. The van der Waals surface area contributed by atoms with Crippen LogP contribution in [0.2, 0.25) is 0 Å². The largest absolute Gasteiger partial charge is 0.472 e. The van der Waals surface area contributed by atoms with E-state index in [4.69, 9.17) is 9.05 Å². The number of aromatic amines is 1. The second-order valence-corrected chi connectivity index (χ2v) is 6.85. The molecular formula is C14H24NO4P. The average Bonchev–Trinajstić information content (AvgIpc) is 3.07. The van der Waals surface area contributed by atoms with E-state index in [2.05, 4.69) is 4.98 Å². The highest BCUT2D eigenvalue weighted by atomic mass is 31.2. The van der Waals surface area contributed by atoms with Crippen molar-refractivity contribution in [2.45, 2.75) is 44.9 Å². The standard InChI is InChI=1S/C14H24NO4P/c16-20(17,19-11-8-14-7-9-15-12-14)18-10-3-6-13-4-1-2-5-13/h7,9,12-13,15H,1-6,8,10-11H2,(H,16,17). The zero-order valence-electron chi connectivity index (χ0n) is 11.8. The lowest BCUT2D eigenvalue weighted by molar-refractivity contribution is 0.147. The van der Waals surface area contributed by atoms with Crippen LogP contribution in [0, 0.1) is 5.92 Å². The molecule has 0 aliphatic heterocycles. The van der Waals surface area contributed by atoms with E-state index in [1.807, 2.05) is 18.5 Å². The van der Waals surface area contributed by atoms with Gasteiger partial charge in [-0.15, -0.1) is 0 Å². The molecule has 0 radical (unpaired) electrons. The van der Waals surface area contributed by atoms with Gasteiger partial charge in [0.05, 0.1) is 13.2 Å². The number of rotatable bonds is 9. The van der Waals surface area contributed by atoms with Gasteiger partial charge in [-0.1, -0.05) is 25.7 Å². The lowest BCUT2D eigenvalue weighted by Gasteiger charge is -2.13. The molecule has 1 aliphatic carbocycles. The predicted octanol–water partition coefficient (Wildman–Crippen LogP) is 3.66. The van der Waals surface area contributed by atoms with Gasteiger partial charge in [-0.2, -0.15) is 0 Å². The first-order valence-electron chi connectivity index (χ1n) is 7.39. The smallest absolute Gasteiger partial charge is 0.367 e. The van der Waals surface area contributed by atoms with Gasteiger partial charge in [0.2, 0.25) is 0 Å². The van der Waals surface area contributed by atoms with E-state index in [1.165, 1.54) is 25.7 Å². The fourth-order valence-electron chi connectivity index (χ4n) is 2.68. The second-order valence-electron chi connectivity index (χ2n) is 5.40. The molecule has 20 heavy (non-hydrogen) atoms. The number of phosphoric ester groups is 1. The zero-order valence-corrected chi connectivity index (χ0v) is 12.7. The van der Waals surface area contributed by atoms with Gasteiger partial charge in [-0.05, 0) is 36.8 Å². The fourth-order valence-corrected chi connectivity index (χ4v) is 3.44. The quantitative estimate of drug-likeness (QED) is 0.539. The summed E-state index contributed by atoms with van der Waals surface area (Å²) in [7, 11) is -3.88. The third kappa shape index (κ3) is 5.80. The number of aromatic nitrogens is 1. The molecule has 0 amide bonds. The molecular weight excluding hydrogens is 277 g/mol. The van der Waals surface area contributed by atoms with Crippen LogP contribution in [0.5, 0.6) is 0 Å². The van der Waals surface area contributed by atoms with Crippen molar-refractivity contribution in [2.75, 3.05) is 13.2 Å². The van der Waals surface area contributed by atoms with Crippen molar-refractivity contribution in [3.05, 3.63) is 24.0 Å². The number of H-pyrrole nitrogens is 1. The Kier molecular flexibility index (Phi) is 6.30. The maximum atomic E-state index is 11.6. The van der Waals surface area contributed by atoms with Crippen molar-refractivity contribution in [1.29, 1.82) is 0 Å². The van der Waals surface area contributed by atoms with Crippen LogP contribution in [0.1, 0.15) is 44.1 Å². The number of nitrogens with one attached hydrogen (secondary N) is 1. The summed E-state index contributed by atoms with van der Waals surface area (Å²) in [5.41, 5.74) is 1.05. The lowest BCUT2D eigenvalue weighted by atomic mass is 10.0. The van der Waals surface area contributed by atoms with Gasteiger partial charge in [0.1, 0.15) is 0 Å². The van der Waals surface area contributed by atoms with Crippen LogP contribution in [0.4, 0.5) is 0 Å². The maximum absolute atomic E-state index is 11.6. The van der Waals surface area contributed by atoms with Crippen LogP contribution in [0.3, 0.4) is 0 Å². The predicted molar refractivity (Wildman–Crippen MR) is 77.4 cm³/mol. The Labute approximate surface area is 120 Å². The molecule has 0 spiro atoms. The summed E-state index contributed by atoms with van der Waals surface area (Å²) >= 11 is 0. The van der Waals surface area contributed by atoms with Crippen LogP contribution in [0.25, 0.3) is 0 Å². The Morgan fingerprint density at radius 2 is 2.05 bits per heavy atom. The molecule has 1 unspecified atom stereocenters. The summed E-state index contributed by atoms with van der Waals surface area (Å²) in [5, 5.41) is 0. The van der Waals surface area contributed by atoms with Crippen molar-refractivity contribution in [1.82, 2.24) is 4.98 Å². The van der Waals surface area contributed by atoms with Crippen LogP contribution >= 0.6 is 7.82 Å². The average molecular weight is 301 g/mol. The number of hydrogen-bond acceptors (Lipinski definition) is 3. The van der Waals surface area contributed by atoms with Crippen LogP contribution < -0.4 is 0 Å². The minimum atomic E-state index is -3.88. The summed E-state index contributed by atoms with van der Waals surface area (Å²) in [4.78, 5) is 12.5. The van der Waals surface area contributed by atoms with E-state index in [0.717, 1.165) is 24.3 Å². The molecule has 114 valence electrons. The van der Waals surface area contributed by atoms with Crippen LogP contribution in [-0.4, -0.2) is 23.1 Å². The Morgan fingerprint density at radius 1 is 1.30 bits per heavy atom. The first kappa shape index (κ1) is 15.8. The topological polar surface area (TPSA) is 71.6 Å². The minimum absolute atomic E-state index is 0.189. The molecule has 1 saturated carbocycles. The van der Waals surface area contributed by atoms with Crippen molar-refractivity contribution in [2.24, 2.45) is 5.92 Å². The molecule has 5 nitrogen and oxygen atoms in total. The molecule has 1 aromatic heterocycles. The molecule has 1 atom stereocenters. The van der Waals surface area contributed by atoms with E-state index in [0.29, 0.717) is 13.0 Å². The molecule has 0 aromatic carbocycles. The second kappa shape index (κ2) is 7.99. The van der Waals surface area contributed by atoms with Crippen molar-refractivity contribution in [3.63, 3.8) is 0 Å². The third-order valence-corrected chi connectivity index (χ3v) is 4.81. The Bertz CT molecular complexity index is 415. The Balaban J connectivity index is 1.54. The normalized spacial score (nSPS) is 19.2. The molecule has 6 heteroatoms. The van der Waals surface area contributed by atoms with Crippen molar-refractivity contribution >= 4 is 7.82 Å². The third-order valence-electron chi connectivity index (χ3n) is 3.79. The maximum Gasteiger partial charge on any atom is 0.472 e. The van der Waals surface area contributed by atoms with E-state index in [9.17, 15) is 9.46 Å². The highest BCUT2D eigenvalue weighted by molar-refractivity contribution is 7.47. The highest BCUT2D eigenvalue weighted by Crippen LogP contribution is 2.43. The summed E-state index contributed by atoms with van der Waals surface area (Å²) in [6, 6.07) is 1.91. The van der Waals surface area contributed by atoms with Gasteiger partial charge < -0.3 is 9.88 Å². The van der Waals surface area contributed by atoms with Crippen LogP contribution in [0.15, 0.2) is 18.5 Å². The van der Waals surface area contributed by atoms with Gasteiger partial charge in [0.15, 0.2) is 0 Å². The zero-order chi connectivity index (χ0) is 14.3. The van der Waals surface area contributed by atoms with Crippen molar-refractivity contribution in [3.8, 4) is 0 Å². The molecule has 2 N–H and O–H groups in total. The Morgan fingerprint density at radius 3 is 2.75 bits per heavy atom. The molecule has 0 saturated heterocycles. The van der Waals surface area contributed by atoms with Gasteiger partial charge in [-0.3, -0.25) is 9.05 Å². The van der Waals surface area contributed by atoms with E-state index in [1.54, 1.807) is 0 Å². The minimum Gasteiger partial charge on any atom is -0.367 e. The number of hydrogen-bond donors (Lipinski definition) is 2. The molecule has 1 heterocycles. The molecule has 1 fully saturated rings. The highest BCUT2D eigenvalue weighted by Gasteiger charge is 2.21. The molecule has 1 aliphatic rings. The summed E-state index contributed by atoms with van der Waals surface area (Å²) in [5.74, 6) is 0.784. The Hall–Kier alpha value is -0.610. The van der Waals surface area contributed by atoms with Gasteiger partial charge in [-0.25, -0.2) is 4.57 Å².